The fourth-order valence-corrected chi connectivity index (χ4v) is 7.49. The number of nitrogens with one attached hydrogen (secondary N) is 1. The number of aromatic nitrogens is 3. The van der Waals surface area contributed by atoms with E-state index < -0.39 is 17.6 Å². The Balaban J connectivity index is 1.17. The Morgan fingerprint density at radius 2 is 1.98 bits per heavy atom. The zero-order chi connectivity index (χ0) is 33.5. The zero-order valence-corrected chi connectivity index (χ0v) is 27.3. The monoisotopic (exact) mass is 649 g/mol. The lowest BCUT2D eigenvalue weighted by molar-refractivity contribution is -0.138. The smallest absolute Gasteiger partial charge is 0.339 e. The molecule has 0 radical (unpaired) electrons. The van der Waals surface area contributed by atoms with E-state index in [1.807, 2.05) is 54.9 Å². The molecule has 47 heavy (non-hydrogen) atoms. The molecular weight excluding hydrogens is 607 g/mol. The number of aryl methyl sites for hydroxylation is 1. The van der Waals surface area contributed by atoms with Gasteiger partial charge in [-0.15, -0.1) is 10.2 Å². The number of likely N-dealkylation sites (N-methyl/N-ethyl adjacent to an activating group) is 1. The highest BCUT2D eigenvalue weighted by Gasteiger charge is 2.48. The van der Waals surface area contributed by atoms with Crippen molar-refractivity contribution in [2.45, 2.75) is 50.9 Å². The molecule has 2 aliphatic heterocycles. The summed E-state index contributed by atoms with van der Waals surface area (Å²) >= 11 is 0. The van der Waals surface area contributed by atoms with Crippen LogP contribution in [0.15, 0.2) is 54.9 Å². The number of fused-ring (bicyclic) bond motifs is 1. The number of nitrogens with zero attached hydrogens (tertiary/aromatic N) is 6. The third-order valence-corrected chi connectivity index (χ3v) is 9.74. The van der Waals surface area contributed by atoms with Gasteiger partial charge in [0.15, 0.2) is 0 Å². The Hall–Kier alpha value is -4.03. The average Bonchev–Trinajstić information content (AvgIpc) is 3.74. The van der Waals surface area contributed by atoms with E-state index in [4.69, 9.17) is 0 Å². The van der Waals surface area contributed by atoms with Gasteiger partial charge in [-0.1, -0.05) is 25.1 Å². The molecule has 2 amide bonds. The summed E-state index contributed by atoms with van der Waals surface area (Å²) in [5, 5.41) is 11.8. The van der Waals surface area contributed by atoms with Crippen molar-refractivity contribution in [1.29, 1.82) is 0 Å². The summed E-state index contributed by atoms with van der Waals surface area (Å²) in [5.74, 6) is 1.06. The predicted molar refractivity (Wildman–Crippen MR) is 173 cm³/mol. The molecule has 0 bridgehead atoms. The van der Waals surface area contributed by atoms with E-state index in [9.17, 15) is 22.8 Å². The highest BCUT2D eigenvalue weighted by Crippen LogP contribution is 2.52. The van der Waals surface area contributed by atoms with Crippen LogP contribution in [0.3, 0.4) is 0 Å². The topological polar surface area (TPSA) is 86.6 Å². The van der Waals surface area contributed by atoms with Crippen molar-refractivity contribution < 1.29 is 22.8 Å². The Labute approximate surface area is 273 Å². The normalized spacial score (nSPS) is 22.9. The number of likely N-dealkylation sites (tertiary alicyclic amines) is 1. The molecule has 3 heterocycles. The standard InChI is InChI=1S/C35H42F3N7O2/c1-23-16-34(17-23,33-41-40-22-43(33)4)26-7-5-8-27(15-26)45-21-29-28(32(45)47)13-25(14-30(29)35(36,37)38)19-39-18-24-10-12-44(20-24)31(46)9-6-11-42(2)3/h5-9,13-15,22-24,39H,10-12,16-21H2,1-4H3/b9-6+/t23?,24-,34?/m0/s1. The third-order valence-electron chi connectivity index (χ3n) is 9.74. The van der Waals surface area contributed by atoms with E-state index in [1.165, 1.54) is 4.90 Å². The van der Waals surface area contributed by atoms with Crippen LogP contribution in [0.5, 0.6) is 0 Å². The molecule has 1 N–H and O–H groups in total. The highest BCUT2D eigenvalue weighted by atomic mass is 19.4. The number of hydrogen-bond acceptors (Lipinski definition) is 6. The lowest BCUT2D eigenvalue weighted by atomic mass is 9.58. The first kappa shape index (κ1) is 32.9. The van der Waals surface area contributed by atoms with Gasteiger partial charge in [0.2, 0.25) is 5.91 Å². The molecule has 1 saturated carbocycles. The van der Waals surface area contributed by atoms with Crippen LogP contribution in [0, 0.1) is 11.8 Å². The molecule has 0 unspecified atom stereocenters. The lowest BCUT2D eigenvalue weighted by Crippen LogP contribution is -2.43. The second-order valence-electron chi connectivity index (χ2n) is 13.7. The van der Waals surface area contributed by atoms with Crippen molar-refractivity contribution >= 4 is 17.5 Å². The predicted octanol–water partition coefficient (Wildman–Crippen LogP) is 4.77. The number of benzene rings is 2. The first-order valence-electron chi connectivity index (χ1n) is 16.2. The Bertz CT molecular complexity index is 1680. The van der Waals surface area contributed by atoms with Gasteiger partial charge in [0.05, 0.1) is 17.5 Å². The molecule has 1 atom stereocenters. The van der Waals surface area contributed by atoms with E-state index in [0.717, 1.165) is 36.7 Å². The van der Waals surface area contributed by atoms with Crippen molar-refractivity contribution in [2.75, 3.05) is 45.2 Å². The molecule has 6 rings (SSSR count). The van der Waals surface area contributed by atoms with Crippen LogP contribution >= 0.6 is 0 Å². The summed E-state index contributed by atoms with van der Waals surface area (Å²) in [5.41, 5.74) is 0.902. The van der Waals surface area contributed by atoms with Gasteiger partial charge in [-0.2, -0.15) is 13.2 Å². The van der Waals surface area contributed by atoms with Crippen molar-refractivity contribution in [1.82, 2.24) is 29.9 Å². The number of alkyl halides is 3. The Kier molecular flexibility index (Phi) is 9.01. The summed E-state index contributed by atoms with van der Waals surface area (Å²) in [6, 6.07) is 10.3. The first-order valence-corrected chi connectivity index (χ1v) is 16.2. The summed E-state index contributed by atoms with van der Waals surface area (Å²) in [6.45, 7) is 4.70. The van der Waals surface area contributed by atoms with Crippen LogP contribution in [0.1, 0.15) is 64.6 Å². The van der Waals surface area contributed by atoms with E-state index >= 15 is 0 Å². The van der Waals surface area contributed by atoms with Crippen molar-refractivity contribution in [2.24, 2.45) is 18.9 Å². The van der Waals surface area contributed by atoms with Gasteiger partial charge in [0.25, 0.3) is 5.91 Å². The number of amides is 2. The van der Waals surface area contributed by atoms with Crippen molar-refractivity contribution in [3.05, 3.63) is 88.5 Å². The van der Waals surface area contributed by atoms with E-state index in [1.54, 1.807) is 29.4 Å². The van der Waals surface area contributed by atoms with Crippen LogP contribution in [-0.2, 0) is 36.5 Å². The maximum Gasteiger partial charge on any atom is 0.416 e. The largest absolute Gasteiger partial charge is 0.416 e. The van der Waals surface area contributed by atoms with Gasteiger partial charge in [-0.05, 0) is 86.1 Å². The Morgan fingerprint density at radius 1 is 1.19 bits per heavy atom. The van der Waals surface area contributed by atoms with Crippen LogP contribution < -0.4 is 10.2 Å². The van der Waals surface area contributed by atoms with Gasteiger partial charge in [0, 0.05) is 57.1 Å². The maximum absolute atomic E-state index is 14.4. The number of carbonyl (C=O) groups is 2. The Morgan fingerprint density at radius 3 is 2.66 bits per heavy atom. The van der Waals surface area contributed by atoms with Gasteiger partial charge in [-0.3, -0.25) is 9.59 Å². The number of halogens is 3. The number of hydrogen-bond donors (Lipinski definition) is 1. The van der Waals surface area contributed by atoms with Crippen LogP contribution in [0.2, 0.25) is 0 Å². The lowest BCUT2D eigenvalue weighted by Gasteiger charge is -2.46. The number of carbonyl (C=O) groups excluding carboxylic acids is 2. The first-order chi connectivity index (χ1) is 22.4. The molecule has 2 fully saturated rings. The van der Waals surface area contributed by atoms with E-state index in [2.05, 4.69) is 22.4 Å². The molecule has 12 heteroatoms. The molecule has 1 aromatic heterocycles. The fraction of sp³-hybridized carbons (Fsp3) is 0.486. The molecule has 3 aromatic rings. The van der Waals surface area contributed by atoms with Crippen LogP contribution in [0.25, 0.3) is 0 Å². The number of rotatable bonds is 10. The summed E-state index contributed by atoms with van der Waals surface area (Å²) in [4.78, 5) is 31.5. The molecule has 9 nitrogen and oxygen atoms in total. The minimum atomic E-state index is -4.61. The molecule has 3 aliphatic rings. The second-order valence-corrected chi connectivity index (χ2v) is 13.7. The zero-order valence-electron chi connectivity index (χ0n) is 27.3. The minimum Gasteiger partial charge on any atom is -0.339 e. The molecule has 250 valence electrons. The minimum absolute atomic E-state index is 0.00389. The second kappa shape index (κ2) is 12.9. The van der Waals surface area contributed by atoms with E-state index in [0.29, 0.717) is 43.3 Å². The average molecular weight is 650 g/mol. The molecular formula is C35H42F3N7O2. The summed E-state index contributed by atoms with van der Waals surface area (Å²) < 4.78 is 45.1. The van der Waals surface area contributed by atoms with Gasteiger partial charge in [-0.25, -0.2) is 0 Å². The SMILES string of the molecule is CC1CC(c2cccc(N3Cc4c(cc(CNC[C@@H]5CCN(C(=O)/C=C/CN(C)C)C5)cc4C(F)(F)F)C3=O)c2)(c2nncn2C)C1. The van der Waals surface area contributed by atoms with Gasteiger partial charge in [0.1, 0.15) is 12.2 Å². The highest BCUT2D eigenvalue weighted by molar-refractivity contribution is 6.10. The van der Waals surface area contributed by atoms with Crippen molar-refractivity contribution in [3.8, 4) is 0 Å². The summed E-state index contributed by atoms with van der Waals surface area (Å²) in [7, 11) is 5.78. The summed E-state index contributed by atoms with van der Waals surface area (Å²) in [6.07, 6.45) is 3.06. The van der Waals surface area contributed by atoms with Crippen LogP contribution in [0.4, 0.5) is 18.9 Å². The molecule has 1 saturated heterocycles. The third kappa shape index (κ3) is 6.58. The molecule has 2 aromatic carbocycles. The molecule has 0 spiro atoms. The van der Waals surface area contributed by atoms with Gasteiger partial charge < -0.3 is 24.6 Å². The van der Waals surface area contributed by atoms with Crippen LogP contribution in [-0.4, -0.2) is 76.7 Å². The fourth-order valence-electron chi connectivity index (χ4n) is 7.49. The van der Waals surface area contributed by atoms with Gasteiger partial charge >= 0.3 is 6.18 Å². The quantitative estimate of drug-likeness (QED) is 0.319. The van der Waals surface area contributed by atoms with E-state index in [-0.39, 0.29) is 41.5 Å². The maximum atomic E-state index is 14.4. The number of anilines is 1. The van der Waals surface area contributed by atoms with Crippen molar-refractivity contribution in [3.63, 3.8) is 0 Å². The molecule has 1 aliphatic carbocycles.